The minimum Gasteiger partial charge on any atom is -0.494 e. The van der Waals surface area contributed by atoms with Crippen molar-refractivity contribution in [2.24, 2.45) is 5.92 Å². The second-order valence-electron chi connectivity index (χ2n) is 6.43. The van der Waals surface area contributed by atoms with Gasteiger partial charge in [0.25, 0.3) is 0 Å². The second kappa shape index (κ2) is 8.57. The third-order valence-corrected chi connectivity index (χ3v) is 4.30. The second-order valence-corrected chi connectivity index (χ2v) is 6.43. The lowest BCUT2D eigenvalue weighted by atomic mass is 10.0. The molecule has 1 atom stereocenters. The predicted octanol–water partition coefficient (Wildman–Crippen LogP) is 3.73. The number of nitriles is 1. The van der Waals surface area contributed by atoms with Gasteiger partial charge in [0.2, 0.25) is 5.91 Å². The molecule has 0 N–H and O–H groups in total. The Morgan fingerprint density at radius 1 is 1.35 bits per heavy atom. The minimum atomic E-state index is -0.529. The van der Waals surface area contributed by atoms with Gasteiger partial charge in [0, 0.05) is 13.1 Å². The zero-order chi connectivity index (χ0) is 16.7. The first-order chi connectivity index (χ1) is 11.1. The van der Waals surface area contributed by atoms with Crippen LogP contribution in [0.1, 0.15) is 51.0 Å². The molecule has 0 saturated carbocycles. The quantitative estimate of drug-likeness (QED) is 0.721. The average Bonchev–Trinajstić information content (AvgIpc) is 3.09. The molecule has 0 bridgehead atoms. The molecule has 1 aliphatic heterocycles. The molecule has 1 heterocycles. The maximum absolute atomic E-state index is 12.2. The zero-order valence-corrected chi connectivity index (χ0v) is 14.1. The summed E-state index contributed by atoms with van der Waals surface area (Å²) >= 11 is 0. The number of likely N-dealkylation sites (tertiary alicyclic amines) is 1. The Bertz CT molecular complexity index is 557. The van der Waals surface area contributed by atoms with Crippen LogP contribution in [0.4, 0.5) is 0 Å². The van der Waals surface area contributed by atoms with Gasteiger partial charge in [0.05, 0.1) is 12.7 Å². The molecule has 1 fully saturated rings. The van der Waals surface area contributed by atoms with E-state index in [1.165, 1.54) is 5.56 Å². The van der Waals surface area contributed by atoms with Crippen molar-refractivity contribution in [1.82, 2.24) is 4.90 Å². The van der Waals surface area contributed by atoms with Gasteiger partial charge in [-0.2, -0.15) is 5.26 Å². The summed E-state index contributed by atoms with van der Waals surface area (Å²) in [6.07, 6.45) is 3.39. The van der Waals surface area contributed by atoms with E-state index in [-0.39, 0.29) is 5.91 Å². The molecule has 1 aromatic rings. The minimum absolute atomic E-state index is 0.00759. The summed E-state index contributed by atoms with van der Waals surface area (Å²) < 4.78 is 5.76. The van der Waals surface area contributed by atoms with Crippen molar-refractivity contribution >= 4 is 5.91 Å². The van der Waals surface area contributed by atoms with Crippen molar-refractivity contribution in [3.8, 4) is 11.8 Å². The molecule has 0 aromatic heterocycles. The van der Waals surface area contributed by atoms with E-state index in [1.54, 1.807) is 0 Å². The van der Waals surface area contributed by atoms with Gasteiger partial charge in [-0.15, -0.1) is 0 Å². The number of hydrogen-bond donors (Lipinski definition) is 0. The molecule has 4 heteroatoms. The molecule has 1 aromatic carbocycles. The molecule has 0 spiro atoms. The SMILES string of the molecule is CC(C)c1cccc(OCCCC(C#N)C(=O)N2CCCC2)c1. The maximum Gasteiger partial charge on any atom is 0.239 e. The first-order valence-electron chi connectivity index (χ1n) is 8.53. The molecule has 0 aliphatic carbocycles. The summed E-state index contributed by atoms with van der Waals surface area (Å²) in [5, 5.41) is 9.23. The molecule has 2 rings (SSSR count). The molecule has 4 nitrogen and oxygen atoms in total. The molecule has 0 radical (unpaired) electrons. The topological polar surface area (TPSA) is 53.3 Å². The first-order valence-corrected chi connectivity index (χ1v) is 8.53. The van der Waals surface area contributed by atoms with Crippen LogP contribution in [-0.4, -0.2) is 30.5 Å². The van der Waals surface area contributed by atoms with Crippen molar-refractivity contribution in [2.75, 3.05) is 19.7 Å². The monoisotopic (exact) mass is 314 g/mol. The summed E-state index contributed by atoms with van der Waals surface area (Å²) in [5.74, 6) is 0.792. The van der Waals surface area contributed by atoms with Gasteiger partial charge in [-0.25, -0.2) is 0 Å². The molecule has 23 heavy (non-hydrogen) atoms. The number of carbonyl (C=O) groups excluding carboxylic acids is 1. The summed E-state index contributed by atoms with van der Waals surface area (Å²) in [5.41, 5.74) is 1.25. The van der Waals surface area contributed by atoms with Crippen LogP contribution in [0, 0.1) is 17.2 Å². The van der Waals surface area contributed by atoms with Crippen LogP contribution in [-0.2, 0) is 4.79 Å². The van der Waals surface area contributed by atoms with E-state index >= 15 is 0 Å². The lowest BCUT2D eigenvalue weighted by Gasteiger charge is -2.18. The van der Waals surface area contributed by atoms with E-state index in [9.17, 15) is 10.1 Å². The third-order valence-electron chi connectivity index (χ3n) is 4.30. The molecule has 1 amide bonds. The fourth-order valence-corrected chi connectivity index (χ4v) is 2.84. The molecule has 1 unspecified atom stereocenters. The van der Waals surface area contributed by atoms with Crippen molar-refractivity contribution in [3.05, 3.63) is 29.8 Å². The van der Waals surface area contributed by atoms with E-state index < -0.39 is 5.92 Å². The van der Waals surface area contributed by atoms with Gasteiger partial charge >= 0.3 is 0 Å². The number of ether oxygens (including phenoxy) is 1. The number of carbonyl (C=O) groups is 1. The Morgan fingerprint density at radius 2 is 2.09 bits per heavy atom. The number of hydrogen-bond acceptors (Lipinski definition) is 3. The predicted molar refractivity (Wildman–Crippen MR) is 90.2 cm³/mol. The van der Waals surface area contributed by atoms with E-state index in [0.717, 1.165) is 31.7 Å². The van der Waals surface area contributed by atoms with Gasteiger partial charge in [-0.1, -0.05) is 26.0 Å². The smallest absolute Gasteiger partial charge is 0.239 e. The van der Waals surface area contributed by atoms with E-state index in [0.29, 0.717) is 25.4 Å². The van der Waals surface area contributed by atoms with Gasteiger partial charge in [-0.3, -0.25) is 4.79 Å². The van der Waals surface area contributed by atoms with Crippen LogP contribution in [0.3, 0.4) is 0 Å². The Morgan fingerprint density at radius 3 is 2.74 bits per heavy atom. The molecular formula is C19H26N2O2. The van der Waals surface area contributed by atoms with Crippen LogP contribution in [0.5, 0.6) is 5.75 Å². The normalized spacial score (nSPS) is 15.5. The number of rotatable bonds is 7. The summed E-state index contributed by atoms with van der Waals surface area (Å²) in [4.78, 5) is 14.0. The highest BCUT2D eigenvalue weighted by molar-refractivity contribution is 5.81. The van der Waals surface area contributed by atoms with Crippen LogP contribution >= 0.6 is 0 Å². The highest BCUT2D eigenvalue weighted by Crippen LogP contribution is 2.21. The molecule has 1 saturated heterocycles. The highest BCUT2D eigenvalue weighted by atomic mass is 16.5. The maximum atomic E-state index is 12.2. The van der Waals surface area contributed by atoms with Crippen LogP contribution in [0.2, 0.25) is 0 Å². The summed E-state index contributed by atoms with van der Waals surface area (Å²) in [6, 6.07) is 10.3. The average molecular weight is 314 g/mol. The van der Waals surface area contributed by atoms with Gasteiger partial charge in [-0.05, 0) is 49.3 Å². The number of amides is 1. The Balaban J connectivity index is 1.76. The van der Waals surface area contributed by atoms with Crippen LogP contribution in [0.15, 0.2) is 24.3 Å². The fourth-order valence-electron chi connectivity index (χ4n) is 2.84. The van der Waals surface area contributed by atoms with E-state index in [4.69, 9.17) is 4.74 Å². The first kappa shape index (κ1) is 17.3. The molecule has 1 aliphatic rings. The Kier molecular flexibility index (Phi) is 6.46. The highest BCUT2D eigenvalue weighted by Gasteiger charge is 2.25. The van der Waals surface area contributed by atoms with Crippen molar-refractivity contribution in [2.45, 2.75) is 45.4 Å². The fraction of sp³-hybridized carbons (Fsp3) is 0.579. The third kappa shape index (κ3) is 4.99. The zero-order valence-electron chi connectivity index (χ0n) is 14.1. The van der Waals surface area contributed by atoms with Crippen molar-refractivity contribution in [3.63, 3.8) is 0 Å². The lowest BCUT2D eigenvalue weighted by Crippen LogP contribution is -2.33. The Labute approximate surface area is 139 Å². The van der Waals surface area contributed by atoms with Gasteiger partial charge in [0.15, 0.2) is 0 Å². The van der Waals surface area contributed by atoms with E-state index in [2.05, 4.69) is 32.0 Å². The standard InChI is InChI=1S/C19H26N2O2/c1-15(2)16-7-5-9-18(13-16)23-12-6-8-17(14-20)19(22)21-10-3-4-11-21/h5,7,9,13,15,17H,3-4,6,8,10-12H2,1-2H3. The largest absolute Gasteiger partial charge is 0.494 e. The molecular weight excluding hydrogens is 288 g/mol. The van der Waals surface area contributed by atoms with Crippen LogP contribution in [0.25, 0.3) is 0 Å². The number of nitrogens with zero attached hydrogens (tertiary/aromatic N) is 2. The van der Waals surface area contributed by atoms with Crippen molar-refractivity contribution < 1.29 is 9.53 Å². The van der Waals surface area contributed by atoms with E-state index in [1.807, 2.05) is 17.0 Å². The summed E-state index contributed by atoms with van der Waals surface area (Å²) in [7, 11) is 0. The Hall–Kier alpha value is -2.02. The number of benzene rings is 1. The summed E-state index contributed by atoms with van der Waals surface area (Å²) in [6.45, 7) is 6.44. The van der Waals surface area contributed by atoms with Gasteiger partial charge < -0.3 is 9.64 Å². The van der Waals surface area contributed by atoms with Gasteiger partial charge in [0.1, 0.15) is 11.7 Å². The van der Waals surface area contributed by atoms with Crippen LogP contribution < -0.4 is 4.74 Å². The van der Waals surface area contributed by atoms with Crippen molar-refractivity contribution in [1.29, 1.82) is 5.26 Å². The molecule has 124 valence electrons. The lowest BCUT2D eigenvalue weighted by molar-refractivity contribution is -0.132.